The summed E-state index contributed by atoms with van der Waals surface area (Å²) in [6, 6.07) is 20.6. The Hall–Kier alpha value is -2.81. The number of carboxylic acid groups (broad SMARTS) is 1. The largest absolute Gasteiger partial charge is 0.481 e. The van der Waals surface area contributed by atoms with E-state index < -0.39 is 5.97 Å². The zero-order chi connectivity index (χ0) is 25.2. The van der Waals surface area contributed by atoms with E-state index in [9.17, 15) is 4.79 Å². The van der Waals surface area contributed by atoms with Crippen molar-refractivity contribution in [3.05, 3.63) is 83.7 Å². The fourth-order valence-corrected chi connectivity index (χ4v) is 5.93. The van der Waals surface area contributed by atoms with Crippen molar-refractivity contribution in [1.82, 2.24) is 19.9 Å². The molecule has 36 heavy (non-hydrogen) atoms. The molecule has 0 radical (unpaired) electrons. The zero-order valence-electron chi connectivity index (χ0n) is 20.5. The Morgan fingerprint density at radius 1 is 1.00 bits per heavy atom. The minimum absolute atomic E-state index is 0.213. The number of aromatic nitrogens is 3. The van der Waals surface area contributed by atoms with Gasteiger partial charge in [0.1, 0.15) is 0 Å². The second-order valence-electron chi connectivity index (χ2n) is 8.69. The molecule has 0 spiro atoms. The molecular formula is C28H32N4O2S2. The molecule has 0 aliphatic heterocycles. The third-order valence-electron chi connectivity index (χ3n) is 5.96. The fourth-order valence-electron chi connectivity index (χ4n) is 4.03. The molecule has 0 aliphatic carbocycles. The van der Waals surface area contributed by atoms with Gasteiger partial charge in [-0.3, -0.25) is 14.7 Å². The third-order valence-corrected chi connectivity index (χ3v) is 8.09. The molecule has 0 atom stereocenters. The lowest BCUT2D eigenvalue weighted by atomic mass is 10.2. The molecule has 2 heterocycles. The number of carboxylic acids is 1. The number of para-hydroxylation sites is 2. The van der Waals surface area contributed by atoms with Crippen molar-refractivity contribution >= 4 is 40.5 Å². The molecule has 2 aromatic carbocycles. The van der Waals surface area contributed by atoms with Gasteiger partial charge in [0.05, 0.1) is 16.7 Å². The topological polar surface area (TPSA) is 82.1 Å². The van der Waals surface area contributed by atoms with Crippen LogP contribution in [0.25, 0.3) is 11.0 Å². The average molecular weight is 521 g/mol. The van der Waals surface area contributed by atoms with Crippen LogP contribution in [-0.2, 0) is 17.1 Å². The Morgan fingerprint density at radius 3 is 2.58 bits per heavy atom. The molecule has 4 rings (SSSR count). The molecule has 0 bridgehead atoms. The van der Waals surface area contributed by atoms with E-state index in [2.05, 4.69) is 57.1 Å². The molecule has 0 amide bonds. The Kier molecular flexibility index (Phi) is 9.84. The summed E-state index contributed by atoms with van der Waals surface area (Å²) in [5.41, 5.74) is 5.62. The molecule has 2 N–H and O–H groups in total. The first-order valence-electron chi connectivity index (χ1n) is 12.2. The van der Waals surface area contributed by atoms with Gasteiger partial charge in [0.15, 0.2) is 5.16 Å². The predicted molar refractivity (Wildman–Crippen MR) is 149 cm³/mol. The number of benzene rings is 2. The van der Waals surface area contributed by atoms with E-state index in [1.54, 1.807) is 11.8 Å². The molecule has 6 nitrogen and oxygen atoms in total. The van der Waals surface area contributed by atoms with Crippen LogP contribution in [0.5, 0.6) is 0 Å². The van der Waals surface area contributed by atoms with E-state index in [-0.39, 0.29) is 6.42 Å². The lowest BCUT2D eigenvalue weighted by Gasteiger charge is -2.22. The van der Waals surface area contributed by atoms with Crippen LogP contribution in [0, 0.1) is 6.92 Å². The van der Waals surface area contributed by atoms with E-state index in [4.69, 9.17) is 5.11 Å². The number of hydrogen-bond acceptors (Lipinski definition) is 6. The highest BCUT2D eigenvalue weighted by atomic mass is 32.2. The van der Waals surface area contributed by atoms with E-state index in [0.717, 1.165) is 59.4 Å². The van der Waals surface area contributed by atoms with Gasteiger partial charge in [-0.15, -0.1) is 11.8 Å². The summed E-state index contributed by atoms with van der Waals surface area (Å²) < 4.78 is 0. The number of pyridine rings is 1. The number of imidazole rings is 1. The van der Waals surface area contributed by atoms with Gasteiger partial charge < -0.3 is 10.1 Å². The average Bonchev–Trinajstić information content (AvgIpc) is 3.30. The summed E-state index contributed by atoms with van der Waals surface area (Å²) in [4.78, 5) is 27.2. The van der Waals surface area contributed by atoms with Crippen LogP contribution in [0.1, 0.15) is 36.1 Å². The molecule has 0 aliphatic rings. The summed E-state index contributed by atoms with van der Waals surface area (Å²) in [5.74, 6) is 1.05. The van der Waals surface area contributed by atoms with Crippen molar-refractivity contribution in [1.29, 1.82) is 0 Å². The number of nitrogens with zero attached hydrogens (tertiary/aromatic N) is 3. The van der Waals surface area contributed by atoms with Crippen molar-refractivity contribution in [3.8, 4) is 0 Å². The minimum Gasteiger partial charge on any atom is -0.481 e. The molecule has 8 heteroatoms. The smallest absolute Gasteiger partial charge is 0.303 e. The summed E-state index contributed by atoms with van der Waals surface area (Å²) in [6.07, 6.45) is 3.82. The minimum atomic E-state index is -0.729. The number of carbonyl (C=O) groups is 1. The monoisotopic (exact) mass is 520 g/mol. The molecule has 2 aromatic heterocycles. The summed E-state index contributed by atoms with van der Waals surface area (Å²) in [5, 5.41) is 9.92. The molecule has 0 fully saturated rings. The first-order chi connectivity index (χ1) is 17.6. The van der Waals surface area contributed by atoms with Gasteiger partial charge in [0, 0.05) is 29.8 Å². The number of nitrogens with one attached hydrogen (secondary N) is 1. The molecule has 0 unspecified atom stereocenters. The van der Waals surface area contributed by atoms with Gasteiger partial charge in [-0.25, -0.2) is 4.98 Å². The van der Waals surface area contributed by atoms with Crippen LogP contribution in [0.4, 0.5) is 0 Å². The number of H-pyrrole nitrogens is 1. The number of aliphatic carboxylic acids is 1. The predicted octanol–water partition coefficient (Wildman–Crippen LogP) is 6.41. The maximum Gasteiger partial charge on any atom is 0.303 e. The number of hydrogen-bond donors (Lipinski definition) is 2. The number of aromatic amines is 1. The van der Waals surface area contributed by atoms with Gasteiger partial charge in [0.2, 0.25) is 0 Å². The lowest BCUT2D eigenvalue weighted by molar-refractivity contribution is -0.137. The van der Waals surface area contributed by atoms with E-state index in [1.807, 2.05) is 48.3 Å². The van der Waals surface area contributed by atoms with Crippen molar-refractivity contribution in [2.24, 2.45) is 0 Å². The van der Waals surface area contributed by atoms with E-state index in [1.165, 1.54) is 16.0 Å². The highest BCUT2D eigenvalue weighted by Gasteiger charge is 2.11. The number of fused-ring (bicyclic) bond motifs is 1. The summed E-state index contributed by atoms with van der Waals surface area (Å²) in [7, 11) is 0. The van der Waals surface area contributed by atoms with Crippen LogP contribution in [0.3, 0.4) is 0 Å². The first kappa shape index (κ1) is 26.3. The van der Waals surface area contributed by atoms with Crippen LogP contribution in [0.2, 0.25) is 0 Å². The molecule has 188 valence electrons. The zero-order valence-corrected chi connectivity index (χ0v) is 22.2. The van der Waals surface area contributed by atoms with Gasteiger partial charge >= 0.3 is 5.97 Å². The van der Waals surface area contributed by atoms with Crippen LogP contribution < -0.4 is 0 Å². The molecular weight excluding hydrogens is 488 g/mol. The van der Waals surface area contributed by atoms with Crippen LogP contribution in [-0.4, -0.2) is 49.8 Å². The van der Waals surface area contributed by atoms with Gasteiger partial charge in [-0.05, 0) is 67.9 Å². The quantitative estimate of drug-likeness (QED) is 0.147. The van der Waals surface area contributed by atoms with Crippen LogP contribution >= 0.6 is 23.5 Å². The number of thioether (sulfide) groups is 2. The van der Waals surface area contributed by atoms with Crippen molar-refractivity contribution in [2.75, 3.05) is 18.8 Å². The highest BCUT2D eigenvalue weighted by Crippen LogP contribution is 2.28. The third kappa shape index (κ3) is 7.85. The highest BCUT2D eigenvalue weighted by molar-refractivity contribution is 7.99. The normalized spacial score (nSPS) is 11.4. The lowest BCUT2D eigenvalue weighted by Crippen LogP contribution is -2.26. The molecule has 4 aromatic rings. The SMILES string of the molecule is Cc1c(SCCCN(CCCC(=O)O)Cc2ccccc2)ccnc1CSc1nc2ccccc2[nH]1. The standard InChI is InChI=1S/C28H32N4O2S2/c1-21-25(20-36-28-30-23-11-5-6-12-24(23)31-28)29-15-14-26(21)35-18-8-17-32(16-7-13-27(33)34)19-22-9-3-2-4-10-22/h2-6,9-12,14-15H,7-8,13,16-20H2,1H3,(H,30,31)(H,33,34). The van der Waals surface area contributed by atoms with Gasteiger partial charge in [-0.2, -0.15) is 0 Å². The summed E-state index contributed by atoms with van der Waals surface area (Å²) in [6.45, 7) is 4.74. The fraction of sp³-hybridized carbons (Fsp3) is 0.321. The molecule has 0 saturated carbocycles. The Morgan fingerprint density at radius 2 is 1.78 bits per heavy atom. The summed E-state index contributed by atoms with van der Waals surface area (Å²) >= 11 is 3.55. The van der Waals surface area contributed by atoms with Gasteiger partial charge in [0.25, 0.3) is 0 Å². The maximum absolute atomic E-state index is 11.0. The molecule has 0 saturated heterocycles. The first-order valence-corrected chi connectivity index (χ1v) is 14.2. The van der Waals surface area contributed by atoms with Crippen molar-refractivity contribution in [3.63, 3.8) is 0 Å². The number of rotatable bonds is 14. The van der Waals surface area contributed by atoms with E-state index >= 15 is 0 Å². The van der Waals surface area contributed by atoms with Gasteiger partial charge in [-0.1, -0.05) is 54.2 Å². The Bertz CT molecular complexity index is 1230. The van der Waals surface area contributed by atoms with Crippen LogP contribution in [0.15, 0.2) is 76.9 Å². The van der Waals surface area contributed by atoms with Crippen molar-refractivity contribution in [2.45, 2.75) is 48.5 Å². The Labute approximate surface area is 220 Å². The second-order valence-corrected chi connectivity index (χ2v) is 10.8. The van der Waals surface area contributed by atoms with E-state index in [0.29, 0.717) is 6.42 Å². The van der Waals surface area contributed by atoms with Crippen molar-refractivity contribution < 1.29 is 9.90 Å². The Balaban J connectivity index is 1.28. The second kappa shape index (κ2) is 13.5. The maximum atomic E-state index is 11.0.